The van der Waals surface area contributed by atoms with E-state index in [1.807, 2.05) is 18.2 Å². The van der Waals surface area contributed by atoms with Crippen LogP contribution in [-0.4, -0.2) is 21.3 Å². The van der Waals surface area contributed by atoms with Crippen LogP contribution in [0.1, 0.15) is 0 Å². The SMILES string of the molecule is O=C(I)OCCSSc1ccccn1. The third-order valence-corrected chi connectivity index (χ3v) is 3.70. The Bertz CT molecular complexity index is 284. The molecule has 0 N–H and O–H groups in total. The molecule has 14 heavy (non-hydrogen) atoms. The van der Waals surface area contributed by atoms with Crippen LogP contribution in [0.2, 0.25) is 0 Å². The molecule has 0 spiro atoms. The summed E-state index contributed by atoms with van der Waals surface area (Å²) in [5.41, 5.74) is 0. The molecule has 3 nitrogen and oxygen atoms in total. The normalized spacial score (nSPS) is 9.79. The third-order valence-electron chi connectivity index (χ3n) is 1.16. The average molecular weight is 341 g/mol. The van der Waals surface area contributed by atoms with Gasteiger partial charge in [-0.2, -0.15) is 0 Å². The second-order valence-electron chi connectivity index (χ2n) is 2.16. The van der Waals surface area contributed by atoms with Crippen LogP contribution >= 0.6 is 44.2 Å². The molecule has 76 valence electrons. The first-order chi connectivity index (χ1) is 6.79. The number of ether oxygens (including phenoxy) is 1. The van der Waals surface area contributed by atoms with Crippen molar-refractivity contribution in [3.05, 3.63) is 24.4 Å². The first-order valence-electron chi connectivity index (χ1n) is 3.82. The van der Waals surface area contributed by atoms with Gasteiger partial charge in [0.05, 0.1) is 22.6 Å². The Morgan fingerprint density at radius 2 is 2.43 bits per heavy atom. The van der Waals surface area contributed by atoms with Gasteiger partial charge in [0.1, 0.15) is 11.6 Å². The van der Waals surface area contributed by atoms with Gasteiger partial charge in [0, 0.05) is 11.9 Å². The van der Waals surface area contributed by atoms with Crippen LogP contribution in [0.25, 0.3) is 0 Å². The van der Waals surface area contributed by atoms with Gasteiger partial charge >= 0.3 is 3.98 Å². The number of carbonyl (C=O) groups is 1. The molecule has 6 heteroatoms. The molecule has 0 saturated carbocycles. The van der Waals surface area contributed by atoms with Crippen LogP contribution in [0.15, 0.2) is 29.4 Å². The Labute approximate surface area is 104 Å². The lowest BCUT2D eigenvalue weighted by Gasteiger charge is -2.00. The number of rotatable bonds is 5. The lowest BCUT2D eigenvalue weighted by Crippen LogP contribution is -1.97. The van der Waals surface area contributed by atoms with E-state index in [0.717, 1.165) is 10.8 Å². The van der Waals surface area contributed by atoms with Crippen molar-refractivity contribution >= 4 is 48.2 Å². The summed E-state index contributed by atoms with van der Waals surface area (Å²) < 4.78 is 4.51. The highest BCUT2D eigenvalue weighted by atomic mass is 127. The molecule has 0 atom stereocenters. The molecule has 1 aromatic heterocycles. The summed E-state index contributed by atoms with van der Waals surface area (Å²) in [6, 6.07) is 5.77. The summed E-state index contributed by atoms with van der Waals surface area (Å²) in [6.45, 7) is 0.451. The molecule has 0 amide bonds. The van der Waals surface area contributed by atoms with Gasteiger partial charge in [-0.1, -0.05) is 16.9 Å². The highest BCUT2D eigenvalue weighted by Gasteiger charge is 1.97. The van der Waals surface area contributed by atoms with Crippen LogP contribution in [0.3, 0.4) is 0 Å². The lowest BCUT2D eigenvalue weighted by molar-refractivity contribution is 0.186. The average Bonchev–Trinajstić information content (AvgIpc) is 2.18. The zero-order valence-electron chi connectivity index (χ0n) is 7.18. The van der Waals surface area contributed by atoms with Crippen LogP contribution in [0, 0.1) is 0 Å². The molecule has 0 fully saturated rings. The summed E-state index contributed by atoms with van der Waals surface area (Å²) in [7, 11) is 3.21. The maximum absolute atomic E-state index is 10.4. The minimum absolute atomic E-state index is 0.258. The second kappa shape index (κ2) is 7.36. The van der Waals surface area contributed by atoms with E-state index in [1.165, 1.54) is 0 Å². The van der Waals surface area contributed by atoms with Gasteiger partial charge in [-0.3, -0.25) is 0 Å². The number of halogens is 1. The van der Waals surface area contributed by atoms with Crippen molar-refractivity contribution in [2.45, 2.75) is 5.03 Å². The van der Waals surface area contributed by atoms with Crippen molar-refractivity contribution in [3.63, 3.8) is 0 Å². The Hall–Kier alpha value is 0.0500. The number of hydrogen-bond acceptors (Lipinski definition) is 5. The first-order valence-corrected chi connectivity index (χ1v) is 7.21. The second-order valence-corrected chi connectivity index (χ2v) is 5.48. The van der Waals surface area contributed by atoms with Gasteiger partial charge in [-0.05, 0) is 22.9 Å². The smallest absolute Gasteiger partial charge is 0.367 e. The number of pyridine rings is 1. The zero-order chi connectivity index (χ0) is 10.2. The van der Waals surface area contributed by atoms with Crippen molar-refractivity contribution in [3.8, 4) is 0 Å². The summed E-state index contributed by atoms with van der Waals surface area (Å²) >= 11 is 1.62. The summed E-state index contributed by atoms with van der Waals surface area (Å²) in [6.07, 6.45) is 1.76. The van der Waals surface area contributed by atoms with Crippen molar-refractivity contribution in [2.24, 2.45) is 0 Å². The predicted octanol–water partition coefficient (Wildman–Crippen LogP) is 3.39. The monoisotopic (exact) mass is 341 g/mol. The molecule has 1 aromatic rings. The molecule has 0 saturated heterocycles. The fourth-order valence-electron chi connectivity index (χ4n) is 0.654. The van der Waals surface area contributed by atoms with Gasteiger partial charge in [0.2, 0.25) is 0 Å². The Morgan fingerprint density at radius 3 is 3.07 bits per heavy atom. The van der Waals surface area contributed by atoms with E-state index < -0.39 is 0 Å². The number of aromatic nitrogens is 1. The Kier molecular flexibility index (Phi) is 6.37. The zero-order valence-corrected chi connectivity index (χ0v) is 11.0. The molecule has 0 aromatic carbocycles. The fourth-order valence-corrected chi connectivity index (χ4v) is 2.58. The molecule has 0 radical (unpaired) electrons. The number of nitrogens with zero attached hydrogens (tertiary/aromatic N) is 1. The Balaban J connectivity index is 2.08. The maximum Gasteiger partial charge on any atom is 0.367 e. The van der Waals surface area contributed by atoms with Gasteiger partial charge in [0.25, 0.3) is 0 Å². The number of hydrogen-bond donors (Lipinski definition) is 0. The molecule has 1 rings (SSSR count). The van der Waals surface area contributed by atoms with E-state index in [-0.39, 0.29) is 3.98 Å². The molecule has 0 bridgehead atoms. The molecule has 0 aliphatic rings. The molecule has 1 heterocycles. The van der Waals surface area contributed by atoms with E-state index in [4.69, 9.17) is 4.74 Å². The van der Waals surface area contributed by atoms with Gasteiger partial charge < -0.3 is 4.74 Å². The highest BCUT2D eigenvalue weighted by molar-refractivity contribution is 14.1. The molecular formula is C8H8INO2S2. The summed E-state index contributed by atoms with van der Waals surface area (Å²) in [4.78, 5) is 14.6. The molecule has 0 unspecified atom stereocenters. The standard InChI is InChI=1S/C8H8INO2S2/c9-8(11)12-5-6-13-14-7-3-1-2-4-10-7/h1-4H,5-6H2. The van der Waals surface area contributed by atoms with Gasteiger partial charge in [-0.15, -0.1) is 0 Å². The van der Waals surface area contributed by atoms with Crippen LogP contribution < -0.4 is 0 Å². The van der Waals surface area contributed by atoms with E-state index in [2.05, 4.69) is 4.98 Å². The largest absolute Gasteiger partial charge is 0.457 e. The van der Waals surface area contributed by atoms with Crippen LogP contribution in [0.4, 0.5) is 4.79 Å². The lowest BCUT2D eigenvalue weighted by atomic mass is 10.5. The number of carbonyl (C=O) groups excluding carboxylic acids is 1. The van der Waals surface area contributed by atoms with Crippen LogP contribution in [0.5, 0.6) is 0 Å². The highest BCUT2D eigenvalue weighted by Crippen LogP contribution is 2.28. The van der Waals surface area contributed by atoms with Crippen molar-refractivity contribution < 1.29 is 9.53 Å². The third kappa shape index (κ3) is 5.71. The minimum atomic E-state index is -0.258. The Morgan fingerprint density at radius 1 is 1.57 bits per heavy atom. The molecule has 0 aliphatic carbocycles. The van der Waals surface area contributed by atoms with Gasteiger partial charge in [0.15, 0.2) is 0 Å². The van der Waals surface area contributed by atoms with Crippen molar-refractivity contribution in [1.82, 2.24) is 4.98 Å². The van der Waals surface area contributed by atoms with Gasteiger partial charge in [-0.25, -0.2) is 9.78 Å². The van der Waals surface area contributed by atoms with E-state index >= 15 is 0 Å². The molecular weight excluding hydrogens is 333 g/mol. The van der Waals surface area contributed by atoms with Crippen LogP contribution in [-0.2, 0) is 4.74 Å². The summed E-state index contributed by atoms with van der Waals surface area (Å²) in [5, 5.41) is 0.971. The van der Waals surface area contributed by atoms with E-state index in [0.29, 0.717) is 6.61 Å². The van der Waals surface area contributed by atoms with E-state index in [9.17, 15) is 4.79 Å². The van der Waals surface area contributed by atoms with Crippen molar-refractivity contribution in [2.75, 3.05) is 12.4 Å². The van der Waals surface area contributed by atoms with E-state index in [1.54, 1.807) is 50.4 Å². The summed E-state index contributed by atoms with van der Waals surface area (Å²) in [5.74, 6) is 0.774. The fraction of sp³-hybridized carbons (Fsp3) is 0.250. The molecule has 0 aliphatic heterocycles. The quantitative estimate of drug-likeness (QED) is 0.355. The topological polar surface area (TPSA) is 39.2 Å². The maximum atomic E-state index is 10.4. The first kappa shape index (κ1) is 12.1. The minimum Gasteiger partial charge on any atom is -0.457 e. The van der Waals surface area contributed by atoms with Crippen molar-refractivity contribution in [1.29, 1.82) is 0 Å². The predicted molar refractivity (Wildman–Crippen MR) is 67.9 cm³/mol.